The standard InChI is InChI=1S/C23H16Br2ClN3O4/c24-16-5-3-4-14(10-16)22(31)27-13-21(30)29-28-12-15-11-17(25)8-9-20(15)33-23(32)18-6-1-2-7-19(18)26/h1-12H,13H2,(H,27,31)(H,29,30)/b28-12-. The van der Waals surface area contributed by atoms with Crippen LogP contribution in [0.5, 0.6) is 5.75 Å². The van der Waals surface area contributed by atoms with E-state index in [1.165, 1.54) is 6.21 Å². The fourth-order valence-corrected chi connectivity index (χ4v) is 3.59. The van der Waals surface area contributed by atoms with Gasteiger partial charge in [-0.15, -0.1) is 0 Å². The van der Waals surface area contributed by atoms with Gasteiger partial charge in [0.05, 0.1) is 23.3 Å². The third kappa shape index (κ3) is 7.24. The minimum absolute atomic E-state index is 0.222. The van der Waals surface area contributed by atoms with Crippen LogP contribution in [0.2, 0.25) is 5.02 Å². The molecule has 0 heterocycles. The van der Waals surface area contributed by atoms with Crippen molar-refractivity contribution in [2.24, 2.45) is 5.10 Å². The fraction of sp³-hybridized carbons (Fsp3) is 0.0435. The zero-order valence-corrected chi connectivity index (χ0v) is 20.8. The van der Waals surface area contributed by atoms with Crippen molar-refractivity contribution in [3.05, 3.63) is 97.4 Å². The molecule has 0 atom stereocenters. The molecule has 33 heavy (non-hydrogen) atoms. The second-order valence-electron chi connectivity index (χ2n) is 6.54. The minimum Gasteiger partial charge on any atom is -0.422 e. The van der Waals surface area contributed by atoms with E-state index >= 15 is 0 Å². The lowest BCUT2D eigenvalue weighted by molar-refractivity contribution is -0.120. The molecule has 0 fully saturated rings. The van der Waals surface area contributed by atoms with Gasteiger partial charge in [-0.2, -0.15) is 5.10 Å². The first-order valence-electron chi connectivity index (χ1n) is 9.45. The van der Waals surface area contributed by atoms with Gasteiger partial charge in [0.25, 0.3) is 11.8 Å². The molecule has 0 radical (unpaired) electrons. The molecular weight excluding hydrogens is 578 g/mol. The van der Waals surface area contributed by atoms with E-state index < -0.39 is 17.8 Å². The molecule has 2 amide bonds. The van der Waals surface area contributed by atoms with Crippen LogP contribution in [0.15, 0.2) is 80.8 Å². The van der Waals surface area contributed by atoms with Gasteiger partial charge in [0.2, 0.25) is 0 Å². The molecule has 3 rings (SSSR count). The molecule has 0 unspecified atom stereocenters. The van der Waals surface area contributed by atoms with Crippen molar-refractivity contribution in [3.63, 3.8) is 0 Å². The number of benzene rings is 3. The summed E-state index contributed by atoms with van der Waals surface area (Å²) in [5, 5.41) is 6.66. The van der Waals surface area contributed by atoms with Crippen LogP contribution in [0.25, 0.3) is 0 Å². The summed E-state index contributed by atoms with van der Waals surface area (Å²) in [6, 6.07) is 18.3. The predicted octanol–water partition coefficient (Wildman–Crippen LogP) is 4.96. The number of hydrogen-bond acceptors (Lipinski definition) is 5. The Balaban J connectivity index is 1.60. The molecule has 3 aromatic carbocycles. The van der Waals surface area contributed by atoms with Crippen molar-refractivity contribution in [1.29, 1.82) is 0 Å². The Morgan fingerprint density at radius 3 is 2.48 bits per heavy atom. The second-order valence-corrected chi connectivity index (χ2v) is 8.78. The van der Waals surface area contributed by atoms with Gasteiger partial charge in [0.15, 0.2) is 0 Å². The number of carbonyl (C=O) groups excluding carboxylic acids is 3. The van der Waals surface area contributed by atoms with Crippen LogP contribution in [0, 0.1) is 0 Å². The van der Waals surface area contributed by atoms with Crippen LogP contribution in [0.4, 0.5) is 0 Å². The minimum atomic E-state index is -0.628. The molecule has 0 aliphatic heterocycles. The lowest BCUT2D eigenvalue weighted by Gasteiger charge is -2.09. The highest BCUT2D eigenvalue weighted by Gasteiger charge is 2.14. The normalized spacial score (nSPS) is 10.6. The third-order valence-corrected chi connectivity index (χ3v) is 5.47. The zero-order chi connectivity index (χ0) is 23.8. The quantitative estimate of drug-likeness (QED) is 0.175. The van der Waals surface area contributed by atoms with Crippen molar-refractivity contribution >= 4 is 67.5 Å². The van der Waals surface area contributed by atoms with Crippen LogP contribution in [0.3, 0.4) is 0 Å². The summed E-state index contributed by atoms with van der Waals surface area (Å²) in [5.41, 5.74) is 3.39. The first-order chi connectivity index (χ1) is 15.8. The number of esters is 1. The smallest absolute Gasteiger partial charge is 0.345 e. The van der Waals surface area contributed by atoms with Gasteiger partial charge in [-0.3, -0.25) is 9.59 Å². The van der Waals surface area contributed by atoms with Crippen molar-refractivity contribution < 1.29 is 19.1 Å². The van der Waals surface area contributed by atoms with Gasteiger partial charge in [0.1, 0.15) is 5.75 Å². The molecule has 0 aliphatic rings. The maximum atomic E-state index is 12.5. The molecule has 3 aromatic rings. The summed E-state index contributed by atoms with van der Waals surface area (Å²) in [5.74, 6) is -1.32. The Morgan fingerprint density at radius 2 is 1.73 bits per heavy atom. The van der Waals surface area contributed by atoms with Crippen molar-refractivity contribution in [2.45, 2.75) is 0 Å². The largest absolute Gasteiger partial charge is 0.422 e. The summed E-state index contributed by atoms with van der Waals surface area (Å²) in [4.78, 5) is 36.6. The lowest BCUT2D eigenvalue weighted by Crippen LogP contribution is -2.34. The highest BCUT2D eigenvalue weighted by molar-refractivity contribution is 9.10. The average molecular weight is 594 g/mol. The number of hydrogen-bond donors (Lipinski definition) is 2. The Morgan fingerprint density at radius 1 is 0.970 bits per heavy atom. The Hall–Kier alpha value is -3.01. The van der Waals surface area contributed by atoms with Gasteiger partial charge in [-0.05, 0) is 48.5 Å². The Bertz CT molecular complexity index is 1230. The van der Waals surface area contributed by atoms with Gasteiger partial charge in [0, 0.05) is 20.1 Å². The molecule has 0 aromatic heterocycles. The van der Waals surface area contributed by atoms with Crippen LogP contribution in [-0.2, 0) is 4.79 Å². The molecular formula is C23H16Br2ClN3O4. The Labute approximate surface area is 211 Å². The van der Waals surface area contributed by atoms with Crippen molar-refractivity contribution in [3.8, 4) is 5.75 Å². The van der Waals surface area contributed by atoms with Gasteiger partial charge in [-0.25, -0.2) is 10.2 Å². The lowest BCUT2D eigenvalue weighted by atomic mass is 10.2. The van der Waals surface area contributed by atoms with E-state index in [4.69, 9.17) is 16.3 Å². The first-order valence-corrected chi connectivity index (χ1v) is 11.4. The number of nitrogens with zero attached hydrogens (tertiary/aromatic N) is 1. The zero-order valence-electron chi connectivity index (χ0n) is 16.8. The summed E-state index contributed by atoms with van der Waals surface area (Å²) in [7, 11) is 0. The topological polar surface area (TPSA) is 96.9 Å². The summed E-state index contributed by atoms with van der Waals surface area (Å²) in [6.45, 7) is -0.268. The molecule has 0 saturated carbocycles. The van der Waals surface area contributed by atoms with E-state index in [0.717, 1.165) is 4.47 Å². The summed E-state index contributed by atoms with van der Waals surface area (Å²) in [6.07, 6.45) is 1.33. The van der Waals surface area contributed by atoms with Gasteiger partial charge < -0.3 is 10.1 Å². The molecule has 2 N–H and O–H groups in total. The second kappa shape index (κ2) is 11.7. The van der Waals surface area contributed by atoms with E-state index in [1.807, 2.05) is 0 Å². The number of carbonyl (C=O) groups is 3. The molecule has 0 aliphatic carbocycles. The van der Waals surface area contributed by atoms with Gasteiger partial charge in [-0.1, -0.05) is 61.7 Å². The van der Waals surface area contributed by atoms with Crippen LogP contribution < -0.4 is 15.5 Å². The summed E-state index contributed by atoms with van der Waals surface area (Å²) >= 11 is 12.7. The highest BCUT2D eigenvalue weighted by Crippen LogP contribution is 2.24. The van der Waals surface area contributed by atoms with E-state index in [0.29, 0.717) is 15.6 Å². The Kier molecular flexibility index (Phi) is 8.76. The molecule has 0 saturated heterocycles. The van der Waals surface area contributed by atoms with E-state index in [-0.39, 0.29) is 22.9 Å². The molecule has 168 valence electrons. The average Bonchev–Trinajstić information content (AvgIpc) is 2.79. The first kappa shape index (κ1) is 24.6. The van der Waals surface area contributed by atoms with Crippen LogP contribution in [0.1, 0.15) is 26.3 Å². The third-order valence-electron chi connectivity index (χ3n) is 4.16. The predicted molar refractivity (Wildman–Crippen MR) is 133 cm³/mol. The van der Waals surface area contributed by atoms with E-state index in [2.05, 4.69) is 47.7 Å². The maximum absolute atomic E-state index is 12.5. The monoisotopic (exact) mass is 591 g/mol. The van der Waals surface area contributed by atoms with Crippen molar-refractivity contribution in [1.82, 2.24) is 10.7 Å². The number of nitrogens with one attached hydrogen (secondary N) is 2. The van der Waals surface area contributed by atoms with Gasteiger partial charge >= 0.3 is 5.97 Å². The summed E-state index contributed by atoms with van der Waals surface area (Å²) < 4.78 is 6.92. The number of ether oxygens (including phenoxy) is 1. The number of hydrazone groups is 1. The fourth-order valence-electron chi connectivity index (χ4n) is 2.60. The molecule has 7 nitrogen and oxygen atoms in total. The molecule has 10 heteroatoms. The number of amides is 2. The van der Waals surface area contributed by atoms with Crippen molar-refractivity contribution in [2.75, 3.05) is 6.54 Å². The number of halogens is 3. The van der Waals surface area contributed by atoms with E-state index in [9.17, 15) is 14.4 Å². The van der Waals surface area contributed by atoms with Crippen LogP contribution in [-0.4, -0.2) is 30.5 Å². The highest BCUT2D eigenvalue weighted by atomic mass is 79.9. The molecule has 0 spiro atoms. The maximum Gasteiger partial charge on any atom is 0.345 e. The van der Waals surface area contributed by atoms with E-state index in [1.54, 1.807) is 66.7 Å². The van der Waals surface area contributed by atoms with Crippen LogP contribution >= 0.6 is 43.5 Å². The number of rotatable bonds is 7. The SMILES string of the molecule is O=C(CNC(=O)c1cccc(Br)c1)N/N=C\c1cc(Br)ccc1OC(=O)c1ccccc1Cl. The molecule has 0 bridgehead atoms.